The molecule has 0 radical (unpaired) electrons. The van der Waals surface area contributed by atoms with Gasteiger partial charge in [0.15, 0.2) is 23.1 Å². The Labute approximate surface area is 357 Å². The summed E-state index contributed by atoms with van der Waals surface area (Å²) >= 11 is 0. The number of furan rings is 1. The van der Waals surface area contributed by atoms with Gasteiger partial charge in [-0.15, -0.1) is 0 Å². The molecule has 9 aromatic carbocycles. The molecule has 62 heavy (non-hydrogen) atoms. The van der Waals surface area contributed by atoms with Gasteiger partial charge in [-0.2, -0.15) is 0 Å². The van der Waals surface area contributed by atoms with E-state index in [0.717, 1.165) is 88.6 Å². The number of rotatable bonds is 7. The van der Waals surface area contributed by atoms with Crippen molar-refractivity contribution in [3.05, 3.63) is 218 Å². The van der Waals surface area contributed by atoms with E-state index in [1.807, 2.05) is 60.7 Å². The molecule has 3 aromatic heterocycles. The van der Waals surface area contributed by atoms with Crippen LogP contribution in [0.25, 0.3) is 117 Å². The molecule has 290 valence electrons. The van der Waals surface area contributed by atoms with Gasteiger partial charge in [0, 0.05) is 43.9 Å². The maximum absolute atomic E-state index is 7.23. The predicted octanol–water partition coefficient (Wildman–Crippen LogP) is 14.9. The minimum absolute atomic E-state index is 0.570. The number of hydrogen-bond donors (Lipinski definition) is 0. The van der Waals surface area contributed by atoms with Crippen molar-refractivity contribution >= 4 is 43.7 Å². The van der Waals surface area contributed by atoms with Gasteiger partial charge in [-0.25, -0.2) is 15.0 Å². The summed E-state index contributed by atoms with van der Waals surface area (Å²) in [5.74, 6) is 1.78. The van der Waals surface area contributed by atoms with Crippen LogP contribution >= 0.6 is 0 Å². The van der Waals surface area contributed by atoms with E-state index in [0.29, 0.717) is 17.5 Å². The maximum Gasteiger partial charge on any atom is 0.164 e. The Morgan fingerprint density at radius 2 is 0.855 bits per heavy atom. The van der Waals surface area contributed by atoms with Crippen molar-refractivity contribution in [1.29, 1.82) is 0 Å². The van der Waals surface area contributed by atoms with Gasteiger partial charge in [-0.05, 0) is 75.8 Å². The lowest BCUT2D eigenvalue weighted by Gasteiger charge is -2.14. The van der Waals surface area contributed by atoms with Crippen LogP contribution in [-0.2, 0) is 0 Å². The molecule has 0 unspecified atom stereocenters. The molecule has 0 aliphatic rings. The van der Waals surface area contributed by atoms with E-state index in [4.69, 9.17) is 19.4 Å². The van der Waals surface area contributed by atoms with E-state index in [-0.39, 0.29) is 0 Å². The van der Waals surface area contributed by atoms with E-state index in [1.165, 1.54) is 10.9 Å². The van der Waals surface area contributed by atoms with Gasteiger partial charge in [-0.1, -0.05) is 176 Å². The quantitative estimate of drug-likeness (QED) is 0.161. The highest BCUT2D eigenvalue weighted by Crippen LogP contribution is 2.45. The van der Waals surface area contributed by atoms with Crippen molar-refractivity contribution in [2.24, 2.45) is 0 Å². The van der Waals surface area contributed by atoms with Crippen molar-refractivity contribution in [2.45, 2.75) is 0 Å². The third-order valence-electron chi connectivity index (χ3n) is 11.9. The number of benzene rings is 9. The molecular formula is C57H36N4O. The molecular weight excluding hydrogens is 757 g/mol. The highest BCUT2D eigenvalue weighted by molar-refractivity contribution is 6.23. The lowest BCUT2D eigenvalue weighted by Crippen LogP contribution is -2.00. The minimum Gasteiger partial charge on any atom is -0.454 e. The van der Waals surface area contributed by atoms with E-state index in [1.54, 1.807) is 0 Å². The van der Waals surface area contributed by atoms with Crippen molar-refractivity contribution in [2.75, 3.05) is 0 Å². The molecule has 0 N–H and O–H groups in total. The van der Waals surface area contributed by atoms with Crippen LogP contribution in [0.1, 0.15) is 0 Å². The summed E-state index contributed by atoms with van der Waals surface area (Å²) in [4.78, 5) is 15.6. The van der Waals surface area contributed by atoms with E-state index in [9.17, 15) is 0 Å². The molecule has 5 heteroatoms. The number of para-hydroxylation sites is 2. The third-order valence-corrected chi connectivity index (χ3v) is 11.9. The molecule has 0 atom stereocenters. The van der Waals surface area contributed by atoms with Gasteiger partial charge in [0.2, 0.25) is 0 Å². The van der Waals surface area contributed by atoms with Crippen LogP contribution in [0.5, 0.6) is 0 Å². The Morgan fingerprint density at radius 1 is 0.339 bits per heavy atom. The average Bonchev–Trinajstić information content (AvgIpc) is 3.91. The lowest BCUT2D eigenvalue weighted by molar-refractivity contribution is 0.671. The van der Waals surface area contributed by atoms with Crippen molar-refractivity contribution in [3.63, 3.8) is 0 Å². The molecule has 3 heterocycles. The summed E-state index contributed by atoms with van der Waals surface area (Å²) in [5.41, 5.74) is 14.1. The molecule has 0 bridgehead atoms. The van der Waals surface area contributed by atoms with Gasteiger partial charge >= 0.3 is 0 Å². The molecule has 0 amide bonds. The number of fused-ring (bicyclic) bond motifs is 7. The van der Waals surface area contributed by atoms with Crippen molar-refractivity contribution in [3.8, 4) is 73.2 Å². The highest BCUT2D eigenvalue weighted by atomic mass is 16.3. The zero-order valence-electron chi connectivity index (χ0n) is 33.5. The first-order valence-corrected chi connectivity index (χ1v) is 20.9. The Kier molecular flexibility index (Phi) is 8.42. The van der Waals surface area contributed by atoms with Crippen LogP contribution in [0.4, 0.5) is 0 Å². The molecule has 0 aliphatic carbocycles. The molecule has 0 saturated carbocycles. The average molecular weight is 793 g/mol. The standard InChI is InChI=1S/C57H36N4O/c1-6-18-37(19-7-1)44-31-30-41(34-48(44)38-20-8-2-9-21-38)42-35-49(57-59-55(39-22-10-3-11-23-39)58-56(60-57)40-24-12-4-13-25-40)52-47-33-32-46-45-28-16-17-29-50(45)61(43-26-14-5-15-27-43)53(46)54(47)62-51(52)36-42/h1-36H. The smallest absolute Gasteiger partial charge is 0.164 e. The zero-order valence-corrected chi connectivity index (χ0v) is 33.5. The predicted molar refractivity (Wildman–Crippen MR) is 254 cm³/mol. The van der Waals surface area contributed by atoms with E-state index in [2.05, 4.69) is 162 Å². The fraction of sp³-hybridized carbons (Fsp3) is 0. The van der Waals surface area contributed by atoms with Crippen LogP contribution in [0.2, 0.25) is 0 Å². The van der Waals surface area contributed by atoms with E-state index < -0.39 is 0 Å². The monoisotopic (exact) mass is 792 g/mol. The molecule has 0 spiro atoms. The summed E-state index contributed by atoms with van der Waals surface area (Å²) < 4.78 is 9.56. The summed E-state index contributed by atoms with van der Waals surface area (Å²) in [6, 6.07) is 76.2. The number of aromatic nitrogens is 4. The first-order chi connectivity index (χ1) is 30.7. The van der Waals surface area contributed by atoms with Crippen LogP contribution in [0, 0.1) is 0 Å². The fourth-order valence-electron chi connectivity index (χ4n) is 8.98. The molecule has 0 fully saturated rings. The Balaban J connectivity index is 1.18. The number of hydrogen-bond acceptors (Lipinski definition) is 4. The third kappa shape index (κ3) is 5.98. The first-order valence-electron chi connectivity index (χ1n) is 20.9. The summed E-state index contributed by atoms with van der Waals surface area (Å²) in [6.07, 6.45) is 0. The Hall–Kier alpha value is -8.41. The van der Waals surface area contributed by atoms with Crippen LogP contribution < -0.4 is 0 Å². The summed E-state index contributed by atoms with van der Waals surface area (Å²) in [7, 11) is 0. The Morgan fingerprint density at radius 3 is 1.50 bits per heavy atom. The van der Waals surface area contributed by atoms with Gasteiger partial charge in [0.25, 0.3) is 0 Å². The van der Waals surface area contributed by atoms with Crippen molar-refractivity contribution in [1.82, 2.24) is 19.5 Å². The normalized spacial score (nSPS) is 11.5. The largest absolute Gasteiger partial charge is 0.454 e. The summed E-state index contributed by atoms with van der Waals surface area (Å²) in [6.45, 7) is 0. The molecule has 12 aromatic rings. The second kappa shape index (κ2) is 14.7. The van der Waals surface area contributed by atoms with Gasteiger partial charge < -0.3 is 8.98 Å². The molecule has 5 nitrogen and oxygen atoms in total. The van der Waals surface area contributed by atoms with Crippen molar-refractivity contribution < 1.29 is 4.42 Å². The topological polar surface area (TPSA) is 56.7 Å². The second-order valence-corrected chi connectivity index (χ2v) is 15.6. The fourth-order valence-corrected chi connectivity index (χ4v) is 8.98. The van der Waals surface area contributed by atoms with Crippen LogP contribution in [-0.4, -0.2) is 19.5 Å². The van der Waals surface area contributed by atoms with Crippen LogP contribution in [0.15, 0.2) is 223 Å². The van der Waals surface area contributed by atoms with E-state index >= 15 is 0 Å². The van der Waals surface area contributed by atoms with Gasteiger partial charge in [0.1, 0.15) is 5.58 Å². The highest BCUT2D eigenvalue weighted by Gasteiger charge is 2.24. The SMILES string of the molecule is c1ccc(-c2nc(-c3ccccc3)nc(-c3cc(-c4ccc(-c5ccccc5)c(-c5ccccc5)c4)cc4oc5c(ccc6c7ccccc7n(-c7ccccc7)c65)c34)n2)cc1. The summed E-state index contributed by atoms with van der Waals surface area (Å²) in [5, 5.41) is 4.23. The minimum atomic E-state index is 0.570. The number of nitrogens with zero attached hydrogens (tertiary/aromatic N) is 4. The second-order valence-electron chi connectivity index (χ2n) is 15.6. The Bertz CT molecular complexity index is 3540. The molecule has 12 rings (SSSR count). The molecule has 0 saturated heterocycles. The van der Waals surface area contributed by atoms with Gasteiger partial charge in [-0.3, -0.25) is 0 Å². The maximum atomic E-state index is 7.23. The zero-order chi connectivity index (χ0) is 41.0. The molecule has 0 aliphatic heterocycles. The first kappa shape index (κ1) is 35.5. The lowest BCUT2D eigenvalue weighted by atomic mass is 9.90. The van der Waals surface area contributed by atoms with Gasteiger partial charge in [0.05, 0.1) is 11.0 Å². The van der Waals surface area contributed by atoms with Crippen LogP contribution in [0.3, 0.4) is 0 Å².